The molecule has 0 amide bonds. The van der Waals surface area contributed by atoms with E-state index in [0.29, 0.717) is 5.69 Å². The van der Waals surface area contributed by atoms with Crippen LogP contribution in [0.15, 0.2) is 18.2 Å². The number of hydrogen-bond donors (Lipinski definition) is 2. The van der Waals surface area contributed by atoms with Crippen LogP contribution in [0.4, 0.5) is 5.69 Å². The Labute approximate surface area is 112 Å². The third-order valence-electron chi connectivity index (χ3n) is 2.72. The second-order valence-electron chi connectivity index (χ2n) is 6.10. The molecule has 0 aliphatic carbocycles. The van der Waals surface area contributed by atoms with Crippen LogP contribution in [0.1, 0.15) is 38.0 Å². The third-order valence-corrected chi connectivity index (χ3v) is 3.53. The number of rotatable bonds is 4. The van der Waals surface area contributed by atoms with Crippen LogP contribution in [0.3, 0.4) is 0 Å². The minimum absolute atomic E-state index is 0.00795. The molecule has 0 radical (unpaired) electrons. The number of nitrogen functional groups attached to an aromatic ring is 1. The summed E-state index contributed by atoms with van der Waals surface area (Å²) in [7, 11) is -1.14. The summed E-state index contributed by atoms with van der Waals surface area (Å²) in [6.07, 6.45) is 0.0259. The molecule has 18 heavy (non-hydrogen) atoms. The molecule has 0 saturated heterocycles. The molecule has 1 atom stereocenters. The van der Waals surface area contributed by atoms with E-state index < -0.39 is 9.04 Å². The first kappa shape index (κ1) is 15.2. The van der Waals surface area contributed by atoms with Gasteiger partial charge in [-0.05, 0) is 41.8 Å². The molecule has 0 spiro atoms. The number of hydrogen-bond acceptors (Lipinski definition) is 3. The summed E-state index contributed by atoms with van der Waals surface area (Å²) in [4.78, 5) is 0. The average molecular weight is 267 g/mol. The van der Waals surface area contributed by atoms with Gasteiger partial charge < -0.3 is 15.3 Å². The molecule has 102 valence electrons. The summed E-state index contributed by atoms with van der Waals surface area (Å²) in [6, 6.07) is 5.74. The Hall–Kier alpha value is -0.843. The SMILES string of the molecule is C[SiH](C)OC(c1cc(N)cc(CO)c1)C(C)(C)C. The molecule has 0 saturated carbocycles. The number of aliphatic hydroxyl groups is 1. The van der Waals surface area contributed by atoms with Gasteiger partial charge in [0, 0.05) is 5.69 Å². The van der Waals surface area contributed by atoms with Gasteiger partial charge in [-0.2, -0.15) is 0 Å². The molecule has 4 heteroatoms. The van der Waals surface area contributed by atoms with Gasteiger partial charge in [-0.25, -0.2) is 0 Å². The maximum atomic E-state index is 9.27. The lowest BCUT2D eigenvalue weighted by molar-refractivity contribution is 0.0865. The highest BCUT2D eigenvalue weighted by atomic mass is 28.3. The van der Waals surface area contributed by atoms with E-state index in [1.54, 1.807) is 6.07 Å². The largest absolute Gasteiger partial charge is 0.413 e. The predicted octanol–water partition coefficient (Wildman–Crippen LogP) is 2.85. The van der Waals surface area contributed by atoms with Crippen LogP contribution in [0, 0.1) is 5.41 Å². The lowest BCUT2D eigenvalue weighted by Crippen LogP contribution is -2.26. The molecule has 3 nitrogen and oxygen atoms in total. The highest BCUT2D eigenvalue weighted by Crippen LogP contribution is 2.37. The quantitative estimate of drug-likeness (QED) is 0.651. The maximum Gasteiger partial charge on any atom is 0.171 e. The van der Waals surface area contributed by atoms with Crippen LogP contribution in [-0.4, -0.2) is 14.1 Å². The molecule has 0 heterocycles. The Bertz CT molecular complexity index is 399. The number of benzene rings is 1. The number of anilines is 1. The van der Waals surface area contributed by atoms with Crippen LogP contribution >= 0.6 is 0 Å². The second kappa shape index (κ2) is 5.86. The minimum atomic E-state index is -1.14. The second-order valence-corrected chi connectivity index (χ2v) is 8.47. The molecule has 0 fully saturated rings. The summed E-state index contributed by atoms with van der Waals surface area (Å²) >= 11 is 0. The molecule has 1 unspecified atom stereocenters. The van der Waals surface area contributed by atoms with Crippen molar-refractivity contribution in [2.45, 2.75) is 46.6 Å². The van der Waals surface area contributed by atoms with E-state index in [9.17, 15) is 5.11 Å². The van der Waals surface area contributed by atoms with E-state index >= 15 is 0 Å². The molecular weight excluding hydrogens is 242 g/mol. The lowest BCUT2D eigenvalue weighted by Gasteiger charge is -2.33. The van der Waals surface area contributed by atoms with Gasteiger partial charge in [-0.1, -0.05) is 26.8 Å². The van der Waals surface area contributed by atoms with Crippen LogP contribution in [0.25, 0.3) is 0 Å². The summed E-state index contributed by atoms with van der Waals surface area (Å²) in [6.45, 7) is 10.8. The fourth-order valence-electron chi connectivity index (χ4n) is 2.04. The average Bonchev–Trinajstić information content (AvgIpc) is 2.23. The van der Waals surface area contributed by atoms with E-state index in [1.807, 2.05) is 12.1 Å². The van der Waals surface area contributed by atoms with Crippen molar-refractivity contribution >= 4 is 14.7 Å². The van der Waals surface area contributed by atoms with Crippen molar-refractivity contribution in [2.24, 2.45) is 5.41 Å². The Morgan fingerprint density at radius 3 is 2.33 bits per heavy atom. The highest BCUT2D eigenvalue weighted by Gasteiger charge is 2.28. The molecule has 1 aromatic carbocycles. The molecule has 1 rings (SSSR count). The zero-order valence-electron chi connectivity index (χ0n) is 12.0. The first-order chi connectivity index (χ1) is 8.24. The van der Waals surface area contributed by atoms with Crippen LogP contribution in [0.5, 0.6) is 0 Å². The fourth-order valence-corrected chi connectivity index (χ4v) is 3.15. The highest BCUT2D eigenvalue weighted by molar-refractivity contribution is 6.48. The third kappa shape index (κ3) is 4.12. The van der Waals surface area contributed by atoms with E-state index in [0.717, 1.165) is 11.1 Å². The smallest absolute Gasteiger partial charge is 0.171 e. The molecule has 0 bridgehead atoms. The first-order valence-electron chi connectivity index (χ1n) is 6.39. The summed E-state index contributed by atoms with van der Waals surface area (Å²) < 4.78 is 6.16. The van der Waals surface area contributed by atoms with Gasteiger partial charge in [-0.15, -0.1) is 0 Å². The Morgan fingerprint density at radius 1 is 1.28 bits per heavy atom. The van der Waals surface area contributed by atoms with Gasteiger partial charge in [0.25, 0.3) is 0 Å². The standard InChI is InChI=1S/C14H25NO2Si/c1-14(2,3)13(17-18(4)5)11-6-10(9-16)7-12(15)8-11/h6-8,13,16,18H,9,15H2,1-5H3. The molecule has 3 N–H and O–H groups in total. The molecule has 0 aliphatic rings. The topological polar surface area (TPSA) is 55.5 Å². The van der Waals surface area contributed by atoms with Crippen LogP contribution in [0.2, 0.25) is 13.1 Å². The van der Waals surface area contributed by atoms with E-state index in [1.165, 1.54) is 0 Å². The number of aliphatic hydroxyl groups excluding tert-OH is 1. The first-order valence-corrected chi connectivity index (χ1v) is 9.17. The monoisotopic (exact) mass is 267 g/mol. The molecule has 1 aromatic rings. The van der Waals surface area contributed by atoms with Crippen molar-refractivity contribution in [1.82, 2.24) is 0 Å². The van der Waals surface area contributed by atoms with Crippen LogP contribution < -0.4 is 5.73 Å². The zero-order chi connectivity index (χ0) is 13.9. The van der Waals surface area contributed by atoms with Crippen molar-refractivity contribution in [2.75, 3.05) is 5.73 Å². The van der Waals surface area contributed by atoms with Gasteiger partial charge in [0.1, 0.15) is 0 Å². The fraction of sp³-hybridized carbons (Fsp3) is 0.571. The van der Waals surface area contributed by atoms with E-state index in [2.05, 4.69) is 33.9 Å². The minimum Gasteiger partial charge on any atom is -0.413 e. The van der Waals surface area contributed by atoms with Gasteiger partial charge in [0.15, 0.2) is 9.04 Å². The van der Waals surface area contributed by atoms with Gasteiger partial charge in [-0.3, -0.25) is 0 Å². The molecular formula is C14H25NO2Si. The van der Waals surface area contributed by atoms with Crippen molar-refractivity contribution in [3.63, 3.8) is 0 Å². The lowest BCUT2D eigenvalue weighted by atomic mass is 9.84. The van der Waals surface area contributed by atoms with Crippen molar-refractivity contribution < 1.29 is 9.53 Å². The molecule has 0 aromatic heterocycles. The zero-order valence-corrected chi connectivity index (χ0v) is 13.2. The van der Waals surface area contributed by atoms with Crippen LogP contribution in [-0.2, 0) is 11.0 Å². The summed E-state index contributed by atoms with van der Waals surface area (Å²) in [5, 5.41) is 9.27. The summed E-state index contributed by atoms with van der Waals surface area (Å²) in [5.41, 5.74) is 8.49. The summed E-state index contributed by atoms with van der Waals surface area (Å²) in [5.74, 6) is 0. The maximum absolute atomic E-state index is 9.27. The Morgan fingerprint density at radius 2 is 1.89 bits per heavy atom. The van der Waals surface area contributed by atoms with E-state index in [-0.39, 0.29) is 18.1 Å². The normalized spacial score (nSPS) is 13.9. The van der Waals surface area contributed by atoms with Gasteiger partial charge in [0.2, 0.25) is 0 Å². The van der Waals surface area contributed by atoms with Crippen molar-refractivity contribution in [3.05, 3.63) is 29.3 Å². The van der Waals surface area contributed by atoms with Gasteiger partial charge >= 0.3 is 0 Å². The van der Waals surface area contributed by atoms with Gasteiger partial charge in [0.05, 0.1) is 12.7 Å². The predicted molar refractivity (Wildman–Crippen MR) is 78.9 cm³/mol. The van der Waals surface area contributed by atoms with Crippen molar-refractivity contribution in [3.8, 4) is 0 Å². The van der Waals surface area contributed by atoms with E-state index in [4.69, 9.17) is 10.2 Å². The Balaban J connectivity index is 3.16. The Kier molecular flexibility index (Phi) is 4.96. The molecule has 0 aliphatic heterocycles. The van der Waals surface area contributed by atoms with Crippen molar-refractivity contribution in [1.29, 1.82) is 0 Å². The number of nitrogens with two attached hydrogens (primary N) is 1.